The summed E-state index contributed by atoms with van der Waals surface area (Å²) in [5.74, 6) is 0.123. The van der Waals surface area contributed by atoms with Crippen LogP contribution < -0.4 is 9.64 Å². The first-order chi connectivity index (χ1) is 13.0. The normalized spacial score (nSPS) is 15.3. The molecule has 27 heavy (non-hydrogen) atoms. The molecule has 1 aliphatic heterocycles. The maximum Gasteiger partial charge on any atom is 0.338 e. The summed E-state index contributed by atoms with van der Waals surface area (Å²) < 4.78 is 10.6. The molecule has 0 bridgehead atoms. The number of nitrogens with zero attached hydrogens (tertiary/aromatic N) is 1. The van der Waals surface area contributed by atoms with E-state index in [-0.39, 0.29) is 5.91 Å². The van der Waals surface area contributed by atoms with Gasteiger partial charge in [0, 0.05) is 0 Å². The number of hydrogen-bond acceptors (Lipinski definition) is 6. The molecule has 138 valence electrons. The van der Waals surface area contributed by atoms with Crippen molar-refractivity contribution >= 4 is 51.9 Å². The molecule has 2 aromatic carbocycles. The van der Waals surface area contributed by atoms with Crippen molar-refractivity contribution in [3.05, 3.63) is 64.6 Å². The molecule has 1 saturated heterocycles. The first kappa shape index (κ1) is 19.1. The van der Waals surface area contributed by atoms with Gasteiger partial charge in [-0.2, -0.15) is 0 Å². The van der Waals surface area contributed by atoms with E-state index < -0.39 is 5.97 Å². The summed E-state index contributed by atoms with van der Waals surface area (Å²) in [6.07, 6.45) is 1.79. The predicted octanol–water partition coefficient (Wildman–Crippen LogP) is 4.28. The Bertz CT molecular complexity index is 922. The van der Waals surface area contributed by atoms with Gasteiger partial charge in [-0.05, 0) is 55.0 Å². The summed E-state index contributed by atoms with van der Waals surface area (Å²) in [6.45, 7) is 2.06. The fourth-order valence-electron chi connectivity index (χ4n) is 2.53. The van der Waals surface area contributed by atoms with E-state index in [1.807, 2.05) is 24.3 Å². The number of thioether (sulfide) groups is 1. The summed E-state index contributed by atoms with van der Waals surface area (Å²) in [7, 11) is 1.60. The molecule has 1 heterocycles. The molecule has 1 amide bonds. The van der Waals surface area contributed by atoms with E-state index in [4.69, 9.17) is 21.7 Å². The maximum absolute atomic E-state index is 12.8. The number of benzene rings is 2. The molecule has 0 radical (unpaired) electrons. The Kier molecular flexibility index (Phi) is 5.93. The number of carbonyl (C=O) groups is 2. The fraction of sp³-hybridized carbons (Fsp3) is 0.150. The summed E-state index contributed by atoms with van der Waals surface area (Å²) >= 11 is 6.62. The van der Waals surface area contributed by atoms with Crippen LogP contribution in [0.5, 0.6) is 5.75 Å². The van der Waals surface area contributed by atoms with Gasteiger partial charge in [0.2, 0.25) is 0 Å². The molecular formula is C20H17NO4S2. The summed E-state index contributed by atoms with van der Waals surface area (Å²) in [6, 6.07) is 14.1. The van der Waals surface area contributed by atoms with Crippen LogP contribution in [0.15, 0.2) is 53.4 Å². The number of ether oxygens (including phenoxy) is 2. The largest absolute Gasteiger partial charge is 0.497 e. The Labute approximate surface area is 167 Å². The number of esters is 1. The molecule has 0 unspecified atom stereocenters. The van der Waals surface area contributed by atoms with Crippen molar-refractivity contribution in [2.45, 2.75) is 6.92 Å². The van der Waals surface area contributed by atoms with Crippen LogP contribution in [0.25, 0.3) is 6.08 Å². The Balaban J connectivity index is 1.83. The Morgan fingerprint density at radius 3 is 2.63 bits per heavy atom. The zero-order valence-electron chi connectivity index (χ0n) is 14.8. The fourth-order valence-corrected chi connectivity index (χ4v) is 3.83. The first-order valence-corrected chi connectivity index (χ1v) is 9.45. The van der Waals surface area contributed by atoms with Gasteiger partial charge < -0.3 is 9.47 Å². The van der Waals surface area contributed by atoms with Crippen molar-refractivity contribution in [1.82, 2.24) is 0 Å². The molecule has 2 aromatic rings. The summed E-state index contributed by atoms with van der Waals surface area (Å²) in [4.78, 5) is 26.6. The van der Waals surface area contributed by atoms with E-state index in [1.54, 1.807) is 44.4 Å². The van der Waals surface area contributed by atoms with Crippen molar-refractivity contribution < 1.29 is 19.1 Å². The van der Waals surface area contributed by atoms with Crippen LogP contribution in [-0.4, -0.2) is 29.9 Å². The average molecular weight is 399 g/mol. The third-order valence-corrected chi connectivity index (χ3v) is 5.12. The Hall–Kier alpha value is -2.64. The van der Waals surface area contributed by atoms with Crippen LogP contribution in [0, 0.1) is 0 Å². The SMILES string of the molecule is CCOC(=O)c1ccc(N2C(=O)/C(=C/c3cccc(OC)c3)SC2=S)cc1. The van der Waals surface area contributed by atoms with E-state index in [2.05, 4.69) is 0 Å². The lowest BCUT2D eigenvalue weighted by molar-refractivity contribution is -0.113. The Morgan fingerprint density at radius 1 is 1.22 bits per heavy atom. The molecule has 0 spiro atoms. The van der Waals surface area contributed by atoms with E-state index >= 15 is 0 Å². The predicted molar refractivity (Wildman–Crippen MR) is 111 cm³/mol. The third kappa shape index (κ3) is 4.20. The van der Waals surface area contributed by atoms with Gasteiger partial charge >= 0.3 is 5.97 Å². The van der Waals surface area contributed by atoms with E-state index in [1.165, 1.54) is 16.7 Å². The zero-order valence-corrected chi connectivity index (χ0v) is 16.4. The van der Waals surface area contributed by atoms with Gasteiger partial charge in [-0.3, -0.25) is 9.69 Å². The van der Waals surface area contributed by atoms with Crippen molar-refractivity contribution in [2.75, 3.05) is 18.6 Å². The molecule has 0 aliphatic carbocycles. The maximum atomic E-state index is 12.8. The lowest BCUT2D eigenvalue weighted by Gasteiger charge is -2.14. The van der Waals surface area contributed by atoms with Gasteiger partial charge in [-0.1, -0.05) is 36.1 Å². The van der Waals surface area contributed by atoms with Crippen molar-refractivity contribution in [3.8, 4) is 5.75 Å². The van der Waals surface area contributed by atoms with Gasteiger partial charge in [0.25, 0.3) is 5.91 Å². The quantitative estimate of drug-likeness (QED) is 0.425. The second-order valence-electron chi connectivity index (χ2n) is 5.56. The van der Waals surface area contributed by atoms with Crippen molar-refractivity contribution in [2.24, 2.45) is 0 Å². The van der Waals surface area contributed by atoms with Crippen LogP contribution in [-0.2, 0) is 9.53 Å². The van der Waals surface area contributed by atoms with Gasteiger partial charge in [0.1, 0.15) is 5.75 Å². The third-order valence-electron chi connectivity index (χ3n) is 3.82. The number of anilines is 1. The number of amides is 1. The van der Waals surface area contributed by atoms with E-state index in [9.17, 15) is 9.59 Å². The molecule has 0 atom stereocenters. The standard InChI is InChI=1S/C20H17NO4S2/c1-3-25-19(23)14-7-9-15(10-8-14)21-18(22)17(27-20(21)26)12-13-5-4-6-16(11-13)24-2/h4-12H,3H2,1-2H3/b17-12-. The molecule has 0 saturated carbocycles. The highest BCUT2D eigenvalue weighted by molar-refractivity contribution is 8.27. The van der Waals surface area contributed by atoms with Crippen LogP contribution in [0.1, 0.15) is 22.8 Å². The van der Waals surface area contributed by atoms with Crippen molar-refractivity contribution in [1.29, 1.82) is 0 Å². The second-order valence-corrected chi connectivity index (χ2v) is 7.24. The van der Waals surface area contributed by atoms with Gasteiger partial charge in [0.05, 0.1) is 29.9 Å². The highest BCUT2D eigenvalue weighted by Gasteiger charge is 2.33. The summed E-state index contributed by atoms with van der Waals surface area (Å²) in [5.41, 5.74) is 1.89. The minimum Gasteiger partial charge on any atom is -0.497 e. The van der Waals surface area contributed by atoms with E-state index in [0.29, 0.717) is 32.8 Å². The van der Waals surface area contributed by atoms with Gasteiger partial charge in [-0.15, -0.1) is 0 Å². The molecule has 3 rings (SSSR count). The zero-order chi connectivity index (χ0) is 19.4. The number of hydrogen-bond donors (Lipinski definition) is 0. The number of rotatable bonds is 5. The van der Waals surface area contributed by atoms with Crippen LogP contribution in [0.4, 0.5) is 5.69 Å². The molecule has 0 N–H and O–H groups in total. The summed E-state index contributed by atoms with van der Waals surface area (Å²) in [5, 5.41) is 0. The average Bonchev–Trinajstić information content (AvgIpc) is 2.95. The van der Waals surface area contributed by atoms with Gasteiger partial charge in [-0.25, -0.2) is 4.79 Å². The number of carbonyl (C=O) groups excluding carboxylic acids is 2. The van der Waals surface area contributed by atoms with Crippen LogP contribution in [0.2, 0.25) is 0 Å². The topological polar surface area (TPSA) is 55.8 Å². The number of thiocarbonyl (C=S) groups is 1. The minimum absolute atomic E-state index is 0.197. The number of methoxy groups -OCH3 is 1. The van der Waals surface area contributed by atoms with Crippen LogP contribution in [0.3, 0.4) is 0 Å². The first-order valence-electron chi connectivity index (χ1n) is 8.22. The smallest absolute Gasteiger partial charge is 0.338 e. The molecule has 5 nitrogen and oxygen atoms in total. The van der Waals surface area contributed by atoms with E-state index in [0.717, 1.165) is 5.56 Å². The Morgan fingerprint density at radius 2 is 1.96 bits per heavy atom. The van der Waals surface area contributed by atoms with Crippen molar-refractivity contribution in [3.63, 3.8) is 0 Å². The highest BCUT2D eigenvalue weighted by atomic mass is 32.2. The highest BCUT2D eigenvalue weighted by Crippen LogP contribution is 2.36. The van der Waals surface area contributed by atoms with Gasteiger partial charge in [0.15, 0.2) is 4.32 Å². The molecular weight excluding hydrogens is 382 g/mol. The lowest BCUT2D eigenvalue weighted by Crippen LogP contribution is -2.27. The minimum atomic E-state index is -0.396. The molecule has 1 aliphatic rings. The molecule has 1 fully saturated rings. The van der Waals surface area contributed by atoms with Crippen LogP contribution >= 0.6 is 24.0 Å². The monoisotopic (exact) mass is 399 g/mol. The second kappa shape index (κ2) is 8.37. The molecule has 7 heteroatoms. The lowest BCUT2D eigenvalue weighted by atomic mass is 10.2. The molecule has 0 aromatic heterocycles.